The van der Waals surface area contributed by atoms with E-state index in [1.54, 1.807) is 24.3 Å². The first kappa shape index (κ1) is 22.1. The molecule has 0 atom stereocenters. The van der Waals surface area contributed by atoms with Crippen LogP contribution in [0, 0.1) is 27.7 Å². The van der Waals surface area contributed by atoms with E-state index in [1.165, 1.54) is 27.8 Å². The number of halogens is 1. The Kier molecular flexibility index (Phi) is 6.33. The van der Waals surface area contributed by atoms with E-state index in [-0.39, 0.29) is 5.91 Å². The van der Waals surface area contributed by atoms with Crippen LogP contribution in [-0.4, -0.2) is 22.0 Å². The van der Waals surface area contributed by atoms with Gasteiger partial charge in [-0.05, 0) is 85.8 Å². The van der Waals surface area contributed by atoms with Gasteiger partial charge in [-0.15, -0.1) is 0 Å². The van der Waals surface area contributed by atoms with Gasteiger partial charge < -0.3 is 9.88 Å². The van der Waals surface area contributed by atoms with Crippen molar-refractivity contribution < 1.29 is 4.79 Å². The summed E-state index contributed by atoms with van der Waals surface area (Å²) in [6.45, 7) is 9.99. The molecule has 4 rings (SSSR count). The lowest BCUT2D eigenvalue weighted by molar-refractivity contribution is 0.0954. The number of carbonyl (C=O) groups is 1. The van der Waals surface area contributed by atoms with Crippen molar-refractivity contribution >= 4 is 28.5 Å². The average molecular weight is 446 g/mol. The molecule has 0 aliphatic carbocycles. The Morgan fingerprint density at radius 2 is 1.69 bits per heavy atom. The molecule has 4 nitrogen and oxygen atoms in total. The highest BCUT2D eigenvalue weighted by Gasteiger charge is 2.15. The number of nitrogens with zero attached hydrogens (tertiary/aromatic N) is 2. The number of hydrogen-bond donors (Lipinski definition) is 1. The van der Waals surface area contributed by atoms with Gasteiger partial charge in [-0.25, -0.2) is 4.98 Å². The summed E-state index contributed by atoms with van der Waals surface area (Å²) in [5, 5.41) is 3.55. The second kappa shape index (κ2) is 9.17. The highest BCUT2D eigenvalue weighted by atomic mass is 35.5. The maximum atomic E-state index is 12.5. The van der Waals surface area contributed by atoms with Crippen LogP contribution in [0.15, 0.2) is 54.6 Å². The Balaban J connectivity index is 1.61. The molecule has 0 radical (unpaired) electrons. The summed E-state index contributed by atoms with van der Waals surface area (Å²) < 4.78 is 2.29. The number of carbonyl (C=O) groups excluding carboxylic acids is 1. The zero-order chi connectivity index (χ0) is 22.8. The quantitative estimate of drug-likeness (QED) is 0.399. The van der Waals surface area contributed by atoms with Gasteiger partial charge in [-0.3, -0.25) is 4.79 Å². The molecule has 4 aromatic rings. The van der Waals surface area contributed by atoms with Crippen molar-refractivity contribution in [2.75, 3.05) is 6.54 Å². The van der Waals surface area contributed by atoms with Crippen molar-refractivity contribution in [3.8, 4) is 0 Å². The second-order valence-electron chi connectivity index (χ2n) is 8.36. The number of nitrogens with one attached hydrogen (secondary N) is 1. The van der Waals surface area contributed by atoms with E-state index in [0.717, 1.165) is 23.4 Å². The molecule has 0 spiro atoms. The van der Waals surface area contributed by atoms with E-state index in [9.17, 15) is 4.79 Å². The van der Waals surface area contributed by atoms with Crippen LogP contribution in [0.3, 0.4) is 0 Å². The maximum Gasteiger partial charge on any atom is 0.251 e. The molecule has 5 heteroatoms. The SMILES string of the molecule is Cc1cc(C)c(C)c(Cn2c(CCNC(=O)c3cccc(Cl)c3)nc3ccccc32)c1C. The minimum absolute atomic E-state index is 0.129. The molecule has 0 aliphatic rings. The summed E-state index contributed by atoms with van der Waals surface area (Å²) in [5.74, 6) is 0.840. The highest BCUT2D eigenvalue weighted by Crippen LogP contribution is 2.25. The zero-order valence-corrected chi connectivity index (χ0v) is 19.8. The summed E-state index contributed by atoms with van der Waals surface area (Å²) in [6.07, 6.45) is 0.643. The molecule has 32 heavy (non-hydrogen) atoms. The third-order valence-electron chi connectivity index (χ3n) is 6.29. The topological polar surface area (TPSA) is 46.9 Å². The molecule has 164 valence electrons. The standard InChI is InChI=1S/C27H28ClN3O/c1-17-14-18(2)20(4)23(19(17)3)16-31-25-11-6-5-10-24(25)30-26(31)12-13-29-27(32)21-8-7-9-22(28)15-21/h5-11,14-15H,12-13,16H2,1-4H3,(H,29,32). The van der Waals surface area contributed by atoms with Crippen LogP contribution < -0.4 is 5.32 Å². The number of aromatic nitrogens is 2. The average Bonchev–Trinajstić information content (AvgIpc) is 3.12. The fourth-order valence-corrected chi connectivity index (χ4v) is 4.40. The predicted octanol–water partition coefficient (Wildman–Crippen LogP) is 5.94. The summed E-state index contributed by atoms with van der Waals surface area (Å²) in [6, 6.07) is 17.5. The Morgan fingerprint density at radius 1 is 0.969 bits per heavy atom. The lowest BCUT2D eigenvalue weighted by Gasteiger charge is -2.18. The highest BCUT2D eigenvalue weighted by molar-refractivity contribution is 6.30. The molecular formula is C27H28ClN3O. The van der Waals surface area contributed by atoms with E-state index in [0.29, 0.717) is 23.6 Å². The predicted molar refractivity (Wildman–Crippen MR) is 132 cm³/mol. The minimum atomic E-state index is -0.129. The molecule has 0 fully saturated rings. The summed E-state index contributed by atoms with van der Waals surface area (Å²) in [5.41, 5.74) is 9.26. The van der Waals surface area contributed by atoms with Gasteiger partial charge in [0.25, 0.3) is 5.91 Å². The Morgan fingerprint density at radius 3 is 2.41 bits per heavy atom. The van der Waals surface area contributed by atoms with Crippen LogP contribution >= 0.6 is 11.6 Å². The number of aryl methyl sites for hydroxylation is 2. The lowest BCUT2D eigenvalue weighted by Crippen LogP contribution is -2.26. The monoisotopic (exact) mass is 445 g/mol. The van der Waals surface area contributed by atoms with Crippen LogP contribution in [0.1, 0.15) is 44.0 Å². The van der Waals surface area contributed by atoms with Gasteiger partial charge in [0.15, 0.2) is 0 Å². The second-order valence-corrected chi connectivity index (χ2v) is 8.79. The first-order chi connectivity index (χ1) is 15.3. The Bertz CT molecular complexity index is 1280. The maximum absolute atomic E-state index is 12.5. The molecular weight excluding hydrogens is 418 g/mol. The zero-order valence-electron chi connectivity index (χ0n) is 19.0. The van der Waals surface area contributed by atoms with Gasteiger partial charge in [0.2, 0.25) is 0 Å². The van der Waals surface area contributed by atoms with Crippen LogP contribution in [0.4, 0.5) is 0 Å². The van der Waals surface area contributed by atoms with E-state index in [2.05, 4.69) is 49.7 Å². The number of hydrogen-bond acceptors (Lipinski definition) is 2. The number of para-hydroxylation sites is 2. The minimum Gasteiger partial charge on any atom is -0.352 e. The van der Waals surface area contributed by atoms with Gasteiger partial charge in [0.05, 0.1) is 11.0 Å². The number of benzene rings is 3. The molecule has 0 bridgehead atoms. The molecule has 1 aromatic heterocycles. The smallest absolute Gasteiger partial charge is 0.251 e. The molecule has 3 aromatic carbocycles. The fourth-order valence-electron chi connectivity index (χ4n) is 4.21. The number of amides is 1. The van der Waals surface area contributed by atoms with Crippen molar-refractivity contribution in [3.05, 3.63) is 98.8 Å². The number of rotatable bonds is 6. The van der Waals surface area contributed by atoms with E-state index >= 15 is 0 Å². The fraction of sp³-hybridized carbons (Fsp3) is 0.259. The van der Waals surface area contributed by atoms with Gasteiger partial charge in [-0.2, -0.15) is 0 Å². The van der Waals surface area contributed by atoms with Gasteiger partial charge in [-0.1, -0.05) is 35.9 Å². The number of fused-ring (bicyclic) bond motifs is 1. The van der Waals surface area contributed by atoms with Crippen LogP contribution in [0.2, 0.25) is 5.02 Å². The van der Waals surface area contributed by atoms with E-state index in [1.807, 2.05) is 18.2 Å². The van der Waals surface area contributed by atoms with E-state index in [4.69, 9.17) is 16.6 Å². The first-order valence-electron chi connectivity index (χ1n) is 10.9. The first-order valence-corrected chi connectivity index (χ1v) is 11.3. The summed E-state index contributed by atoms with van der Waals surface area (Å²) in [7, 11) is 0. The molecule has 0 saturated heterocycles. The number of imidazole rings is 1. The van der Waals surface area contributed by atoms with Crippen LogP contribution in [0.25, 0.3) is 11.0 Å². The van der Waals surface area contributed by atoms with Crippen molar-refractivity contribution in [1.29, 1.82) is 0 Å². The van der Waals surface area contributed by atoms with Crippen molar-refractivity contribution in [2.24, 2.45) is 0 Å². The Labute approximate surface area is 194 Å². The Hall–Kier alpha value is -3.11. The van der Waals surface area contributed by atoms with Crippen molar-refractivity contribution in [3.63, 3.8) is 0 Å². The molecule has 1 N–H and O–H groups in total. The van der Waals surface area contributed by atoms with Crippen LogP contribution in [-0.2, 0) is 13.0 Å². The van der Waals surface area contributed by atoms with Crippen LogP contribution in [0.5, 0.6) is 0 Å². The lowest BCUT2D eigenvalue weighted by atomic mass is 9.94. The molecule has 1 heterocycles. The van der Waals surface area contributed by atoms with Gasteiger partial charge in [0, 0.05) is 30.1 Å². The summed E-state index contributed by atoms with van der Waals surface area (Å²) in [4.78, 5) is 17.4. The third kappa shape index (κ3) is 4.42. The largest absolute Gasteiger partial charge is 0.352 e. The van der Waals surface area contributed by atoms with Gasteiger partial charge in [0.1, 0.15) is 5.82 Å². The molecule has 1 amide bonds. The third-order valence-corrected chi connectivity index (χ3v) is 6.53. The summed E-state index contributed by atoms with van der Waals surface area (Å²) >= 11 is 6.02. The molecule has 0 aliphatic heterocycles. The van der Waals surface area contributed by atoms with Crippen molar-refractivity contribution in [1.82, 2.24) is 14.9 Å². The molecule has 0 unspecified atom stereocenters. The van der Waals surface area contributed by atoms with Gasteiger partial charge >= 0.3 is 0 Å². The molecule has 0 saturated carbocycles. The normalized spacial score (nSPS) is 11.2. The van der Waals surface area contributed by atoms with E-state index < -0.39 is 0 Å². The van der Waals surface area contributed by atoms with Crippen molar-refractivity contribution in [2.45, 2.75) is 40.7 Å².